The van der Waals surface area contributed by atoms with Crippen molar-refractivity contribution in [2.24, 2.45) is 23.2 Å². The normalized spacial score (nSPS) is 33.8. The number of rotatable bonds is 7. The van der Waals surface area contributed by atoms with Crippen LogP contribution in [0.4, 0.5) is 4.79 Å². The Balaban J connectivity index is 1.62. The Morgan fingerprint density at radius 2 is 1.62 bits per heavy atom. The predicted molar refractivity (Wildman–Crippen MR) is 99.9 cm³/mol. The monoisotopic (exact) mass is 365 g/mol. The minimum atomic E-state index is -0.542. The van der Waals surface area contributed by atoms with Crippen molar-refractivity contribution in [1.82, 2.24) is 5.32 Å². The van der Waals surface area contributed by atoms with E-state index < -0.39 is 11.7 Å². The average Bonchev–Trinajstić information content (AvgIpc) is 2.49. The molecule has 148 valence electrons. The summed E-state index contributed by atoms with van der Waals surface area (Å²) in [6.45, 7) is 6.06. The van der Waals surface area contributed by atoms with Crippen LogP contribution < -0.4 is 5.32 Å². The molecule has 0 aromatic carbocycles. The molecule has 0 aromatic heterocycles. The zero-order valence-corrected chi connectivity index (χ0v) is 16.8. The minimum absolute atomic E-state index is 0.115. The van der Waals surface area contributed by atoms with Crippen LogP contribution in [0.15, 0.2) is 0 Å². The molecule has 4 rings (SSSR count). The van der Waals surface area contributed by atoms with Crippen molar-refractivity contribution in [3.8, 4) is 0 Å². The molecule has 0 saturated heterocycles. The lowest BCUT2D eigenvalue weighted by molar-refractivity contribution is -0.144. The number of carbonyl (C=O) groups excluding carboxylic acids is 2. The van der Waals surface area contributed by atoms with E-state index in [0.29, 0.717) is 25.2 Å². The van der Waals surface area contributed by atoms with E-state index in [1.54, 1.807) is 7.11 Å². The fourth-order valence-corrected chi connectivity index (χ4v) is 5.85. The van der Waals surface area contributed by atoms with Crippen LogP contribution in [0.5, 0.6) is 0 Å². The molecule has 4 aliphatic carbocycles. The minimum Gasteiger partial charge on any atom is -0.444 e. The molecule has 0 radical (unpaired) electrons. The highest BCUT2D eigenvalue weighted by Gasteiger charge is 2.54. The van der Waals surface area contributed by atoms with Crippen molar-refractivity contribution in [2.75, 3.05) is 13.7 Å². The summed E-state index contributed by atoms with van der Waals surface area (Å²) in [5, 5.41) is 2.91. The van der Waals surface area contributed by atoms with E-state index >= 15 is 0 Å². The van der Waals surface area contributed by atoms with Crippen molar-refractivity contribution in [2.45, 2.75) is 83.8 Å². The summed E-state index contributed by atoms with van der Waals surface area (Å²) in [4.78, 5) is 25.5. The second-order valence-corrected chi connectivity index (χ2v) is 9.95. The first kappa shape index (κ1) is 19.7. The summed E-state index contributed by atoms with van der Waals surface area (Å²) in [5.74, 6) is 2.61. The molecule has 26 heavy (non-hydrogen) atoms. The van der Waals surface area contributed by atoms with Crippen molar-refractivity contribution in [1.29, 1.82) is 0 Å². The Morgan fingerprint density at radius 1 is 1.08 bits per heavy atom. The van der Waals surface area contributed by atoms with Crippen molar-refractivity contribution in [3.63, 3.8) is 0 Å². The Labute approximate surface area is 157 Å². The predicted octanol–water partition coefficient (Wildman–Crippen LogP) is 4.09. The SMILES string of the molecule is COCCC(CC(=O)C12CC3CC(CC(C3)C1)C2)NC(=O)OC(C)(C)C. The zero-order chi connectivity index (χ0) is 18.9. The average molecular weight is 366 g/mol. The van der Waals surface area contributed by atoms with Crippen molar-refractivity contribution in [3.05, 3.63) is 0 Å². The van der Waals surface area contributed by atoms with E-state index in [1.165, 1.54) is 19.3 Å². The van der Waals surface area contributed by atoms with Crippen LogP contribution >= 0.6 is 0 Å². The third kappa shape index (κ3) is 4.59. The maximum atomic E-state index is 13.3. The summed E-state index contributed by atoms with van der Waals surface area (Å²) < 4.78 is 10.6. The van der Waals surface area contributed by atoms with Gasteiger partial charge in [0.25, 0.3) is 0 Å². The molecule has 5 nitrogen and oxygen atoms in total. The topological polar surface area (TPSA) is 64.6 Å². The van der Waals surface area contributed by atoms with Gasteiger partial charge in [0.05, 0.1) is 0 Å². The molecule has 4 fully saturated rings. The van der Waals surface area contributed by atoms with Crippen LogP contribution in [-0.4, -0.2) is 37.2 Å². The van der Waals surface area contributed by atoms with Crippen LogP contribution in [0.1, 0.15) is 72.1 Å². The number of hydrogen-bond acceptors (Lipinski definition) is 4. The molecule has 0 heterocycles. The largest absolute Gasteiger partial charge is 0.444 e. The quantitative estimate of drug-likeness (QED) is 0.738. The zero-order valence-electron chi connectivity index (χ0n) is 16.8. The van der Waals surface area contributed by atoms with Crippen molar-refractivity contribution >= 4 is 11.9 Å². The van der Waals surface area contributed by atoms with Gasteiger partial charge in [-0.3, -0.25) is 4.79 Å². The Kier molecular flexibility index (Phi) is 5.66. The molecular formula is C21H35NO4. The Bertz CT molecular complexity index is 501. The van der Waals surface area contributed by atoms with Gasteiger partial charge in [0.1, 0.15) is 11.4 Å². The van der Waals surface area contributed by atoms with Crippen LogP contribution in [0.25, 0.3) is 0 Å². The van der Waals surface area contributed by atoms with Gasteiger partial charge in [0.2, 0.25) is 0 Å². The number of nitrogens with one attached hydrogen (secondary N) is 1. The second-order valence-electron chi connectivity index (χ2n) is 9.95. The molecule has 1 amide bonds. The van der Waals surface area contributed by atoms with E-state index in [9.17, 15) is 9.59 Å². The van der Waals surface area contributed by atoms with Gasteiger partial charge in [0, 0.05) is 31.6 Å². The smallest absolute Gasteiger partial charge is 0.407 e. The van der Waals surface area contributed by atoms with E-state index in [-0.39, 0.29) is 11.5 Å². The molecule has 4 bridgehead atoms. The third-order valence-electron chi connectivity index (χ3n) is 6.45. The summed E-state index contributed by atoms with van der Waals surface area (Å²) in [5.41, 5.74) is -0.657. The van der Waals surface area contributed by atoms with Gasteiger partial charge in [0.15, 0.2) is 0 Å². The lowest BCUT2D eigenvalue weighted by Gasteiger charge is -2.56. The summed E-state index contributed by atoms with van der Waals surface area (Å²) in [7, 11) is 1.64. The summed E-state index contributed by atoms with van der Waals surface area (Å²) >= 11 is 0. The molecule has 0 aliphatic heterocycles. The van der Waals surface area contributed by atoms with Gasteiger partial charge < -0.3 is 14.8 Å². The maximum absolute atomic E-state index is 13.3. The number of methoxy groups -OCH3 is 1. The highest BCUT2D eigenvalue weighted by molar-refractivity contribution is 5.86. The summed E-state index contributed by atoms with van der Waals surface area (Å²) in [6.07, 6.45) is 7.78. The van der Waals surface area contributed by atoms with Gasteiger partial charge >= 0.3 is 6.09 Å². The van der Waals surface area contributed by atoms with Gasteiger partial charge in [-0.05, 0) is 83.5 Å². The fraction of sp³-hybridized carbons (Fsp3) is 0.905. The molecule has 1 atom stereocenters. The van der Waals surface area contributed by atoms with Gasteiger partial charge in [-0.25, -0.2) is 4.79 Å². The lowest BCUT2D eigenvalue weighted by atomic mass is 9.48. The first-order valence-electron chi connectivity index (χ1n) is 10.2. The van der Waals surface area contributed by atoms with Gasteiger partial charge in [-0.1, -0.05) is 0 Å². The van der Waals surface area contributed by atoms with Crippen LogP contribution in [0.2, 0.25) is 0 Å². The third-order valence-corrected chi connectivity index (χ3v) is 6.45. The lowest BCUT2D eigenvalue weighted by Crippen LogP contribution is -2.51. The molecule has 0 aromatic rings. The molecular weight excluding hydrogens is 330 g/mol. The maximum Gasteiger partial charge on any atom is 0.407 e. The van der Waals surface area contributed by atoms with Crippen LogP contribution in [-0.2, 0) is 14.3 Å². The van der Waals surface area contributed by atoms with Crippen LogP contribution in [0.3, 0.4) is 0 Å². The number of amides is 1. The number of Topliss-reactive ketones (excluding diaryl/α,β-unsaturated/α-hetero) is 1. The number of ketones is 1. The molecule has 4 saturated carbocycles. The number of alkyl carbamates (subject to hydrolysis) is 1. The molecule has 4 aliphatic rings. The van der Waals surface area contributed by atoms with Crippen molar-refractivity contribution < 1.29 is 19.1 Å². The standard InChI is InChI=1S/C21H35NO4/c1-20(2,3)26-19(24)22-17(5-6-25-4)10-18(23)21-11-14-7-15(12-21)9-16(8-14)13-21/h14-17H,5-13H2,1-4H3,(H,22,24). The highest BCUT2D eigenvalue weighted by atomic mass is 16.6. The van der Waals surface area contributed by atoms with E-state index in [1.807, 2.05) is 20.8 Å². The van der Waals surface area contributed by atoms with Crippen LogP contribution in [0, 0.1) is 23.2 Å². The molecule has 1 N–H and O–H groups in total. The number of ether oxygens (including phenoxy) is 2. The van der Waals surface area contributed by atoms with E-state index in [2.05, 4.69) is 5.32 Å². The molecule has 1 unspecified atom stereocenters. The fourth-order valence-electron chi connectivity index (χ4n) is 5.85. The highest BCUT2D eigenvalue weighted by Crippen LogP contribution is 2.60. The molecule has 5 heteroatoms. The van der Waals surface area contributed by atoms with E-state index in [4.69, 9.17) is 9.47 Å². The van der Waals surface area contributed by atoms with Gasteiger partial charge in [-0.2, -0.15) is 0 Å². The Morgan fingerprint density at radius 3 is 2.08 bits per heavy atom. The second kappa shape index (κ2) is 7.49. The Hall–Kier alpha value is -1.10. The molecule has 0 spiro atoms. The number of hydrogen-bond donors (Lipinski definition) is 1. The summed E-state index contributed by atoms with van der Waals surface area (Å²) in [6, 6.07) is -0.217. The van der Waals surface area contributed by atoms with Gasteiger partial charge in [-0.15, -0.1) is 0 Å². The first-order valence-corrected chi connectivity index (χ1v) is 10.2. The number of carbonyl (C=O) groups is 2. The van der Waals surface area contributed by atoms with E-state index in [0.717, 1.165) is 37.0 Å². The first-order chi connectivity index (χ1) is 12.2.